The van der Waals surface area contributed by atoms with Gasteiger partial charge < -0.3 is 14.7 Å². The molecule has 0 unspecified atom stereocenters. The lowest BCUT2D eigenvalue weighted by molar-refractivity contribution is 0.303. The van der Waals surface area contributed by atoms with E-state index in [0.29, 0.717) is 12.2 Å². The fourth-order valence-corrected chi connectivity index (χ4v) is 4.30. The summed E-state index contributed by atoms with van der Waals surface area (Å²) in [5.41, 5.74) is 7.95. The summed E-state index contributed by atoms with van der Waals surface area (Å²) in [6.07, 6.45) is 7.28. The second-order valence-electron chi connectivity index (χ2n) is 8.16. The Balaban J connectivity index is 1.51. The molecular formula is C28H23BrFN3O. The van der Waals surface area contributed by atoms with Crippen molar-refractivity contribution in [3.05, 3.63) is 135 Å². The van der Waals surface area contributed by atoms with Crippen LogP contribution in [0, 0.1) is 5.82 Å². The number of nitrogens with one attached hydrogen (secondary N) is 2. The predicted molar refractivity (Wildman–Crippen MR) is 137 cm³/mol. The maximum atomic E-state index is 13.4. The van der Waals surface area contributed by atoms with Crippen molar-refractivity contribution in [2.24, 2.45) is 4.99 Å². The summed E-state index contributed by atoms with van der Waals surface area (Å²) in [4.78, 5) is 11.6. The molecule has 0 fully saturated rings. The number of allylic oxidation sites excluding steroid dienone is 1. The van der Waals surface area contributed by atoms with E-state index in [-0.39, 0.29) is 5.82 Å². The van der Waals surface area contributed by atoms with Crippen molar-refractivity contribution in [1.29, 1.82) is 0 Å². The second kappa shape index (κ2) is 9.69. The molecule has 2 N–H and O–H groups in total. The van der Waals surface area contributed by atoms with Crippen LogP contribution in [-0.4, -0.2) is 22.8 Å². The van der Waals surface area contributed by atoms with Crippen molar-refractivity contribution in [3.8, 4) is 0 Å². The van der Waals surface area contributed by atoms with Gasteiger partial charge in [0.05, 0.1) is 18.5 Å². The van der Waals surface area contributed by atoms with Crippen LogP contribution < -0.4 is 0 Å². The topological polar surface area (TPSA) is 53.2 Å². The zero-order valence-electron chi connectivity index (χ0n) is 18.6. The van der Waals surface area contributed by atoms with Gasteiger partial charge in [0.15, 0.2) is 0 Å². The van der Waals surface area contributed by atoms with Gasteiger partial charge in [-0.3, -0.25) is 0 Å². The average molecular weight is 516 g/mol. The molecule has 0 saturated heterocycles. The Morgan fingerprint density at radius 3 is 2.44 bits per heavy atom. The first kappa shape index (κ1) is 22.2. The van der Waals surface area contributed by atoms with Crippen LogP contribution in [0.15, 0.2) is 99.9 Å². The molecule has 34 heavy (non-hydrogen) atoms. The highest BCUT2D eigenvalue weighted by atomic mass is 79.9. The largest absolute Gasteiger partial charge is 0.494 e. The van der Waals surface area contributed by atoms with Gasteiger partial charge in [-0.25, -0.2) is 9.38 Å². The summed E-state index contributed by atoms with van der Waals surface area (Å²) < 4.78 is 20.1. The first-order valence-electron chi connectivity index (χ1n) is 11.0. The van der Waals surface area contributed by atoms with Crippen molar-refractivity contribution < 1.29 is 9.13 Å². The van der Waals surface area contributed by atoms with E-state index < -0.39 is 0 Å². The van der Waals surface area contributed by atoms with Crippen LogP contribution in [0.25, 0.3) is 6.08 Å². The highest BCUT2D eigenvalue weighted by Gasteiger charge is 2.18. The fraction of sp³-hybridized carbons (Fsp3) is 0.107. The predicted octanol–water partition coefficient (Wildman–Crippen LogP) is 6.80. The molecule has 1 aliphatic heterocycles. The number of H-pyrrole nitrogens is 2. The lowest BCUT2D eigenvalue weighted by Gasteiger charge is -2.04. The van der Waals surface area contributed by atoms with Gasteiger partial charge in [-0.1, -0.05) is 40.2 Å². The van der Waals surface area contributed by atoms with Crippen molar-refractivity contribution in [2.45, 2.75) is 12.8 Å². The van der Waals surface area contributed by atoms with Gasteiger partial charge >= 0.3 is 0 Å². The molecular weight excluding hydrogens is 493 g/mol. The minimum atomic E-state index is -0.233. The first-order chi connectivity index (χ1) is 16.6. The molecule has 5 rings (SSSR count). The van der Waals surface area contributed by atoms with Crippen molar-refractivity contribution in [1.82, 2.24) is 9.97 Å². The minimum Gasteiger partial charge on any atom is -0.494 e. The molecule has 3 heterocycles. The highest BCUT2D eigenvalue weighted by Crippen LogP contribution is 2.27. The number of rotatable bonds is 7. The number of benzene rings is 2. The number of ether oxygens (including phenoxy) is 1. The third-order valence-corrected chi connectivity index (χ3v) is 6.27. The maximum Gasteiger partial charge on any atom is 0.146 e. The van der Waals surface area contributed by atoms with Gasteiger partial charge in [-0.05, 0) is 71.7 Å². The number of halogens is 2. The quantitative estimate of drug-likeness (QED) is 0.279. The molecule has 0 spiro atoms. The third-order valence-electron chi connectivity index (χ3n) is 5.74. The molecule has 2 aromatic heterocycles. The van der Waals surface area contributed by atoms with Crippen molar-refractivity contribution in [2.75, 3.05) is 7.11 Å². The van der Waals surface area contributed by atoms with Crippen LogP contribution in [-0.2, 0) is 17.6 Å². The zero-order chi connectivity index (χ0) is 23.5. The van der Waals surface area contributed by atoms with Crippen molar-refractivity contribution >= 4 is 27.7 Å². The summed E-state index contributed by atoms with van der Waals surface area (Å²) in [6.45, 7) is 0. The zero-order valence-corrected chi connectivity index (χ0v) is 20.2. The van der Waals surface area contributed by atoms with E-state index in [1.165, 1.54) is 17.7 Å². The van der Waals surface area contributed by atoms with Crippen LogP contribution in [0.1, 0.15) is 33.8 Å². The van der Waals surface area contributed by atoms with Gasteiger partial charge in [-0.15, -0.1) is 0 Å². The number of nitrogens with zero attached hydrogens (tertiary/aromatic N) is 1. The van der Waals surface area contributed by atoms with Crippen molar-refractivity contribution in [3.63, 3.8) is 0 Å². The van der Waals surface area contributed by atoms with Crippen LogP contribution in [0.5, 0.6) is 0 Å². The Morgan fingerprint density at radius 1 is 1.00 bits per heavy atom. The molecule has 0 amide bonds. The molecule has 170 valence electrons. The molecule has 0 radical (unpaired) electrons. The maximum absolute atomic E-state index is 13.4. The Labute approximate surface area is 206 Å². The number of hydrogen-bond acceptors (Lipinski definition) is 2. The van der Waals surface area contributed by atoms with Gasteiger partial charge in [0, 0.05) is 34.6 Å². The Hall–Kier alpha value is -3.64. The van der Waals surface area contributed by atoms with Gasteiger partial charge in [0.2, 0.25) is 0 Å². The summed E-state index contributed by atoms with van der Waals surface area (Å²) in [6, 6.07) is 21.1. The summed E-state index contributed by atoms with van der Waals surface area (Å²) in [5.74, 6) is 0.476. The normalized spacial score (nSPS) is 14.4. The SMILES string of the molecule is COC1=CC(c2ccc[nH]2)=N/C1=C\c1[nH]c(Cc2ccc(Br)cc2)cc1Cc1ccc(F)cc1. The molecule has 1 aliphatic rings. The van der Waals surface area contributed by atoms with E-state index in [4.69, 9.17) is 9.73 Å². The van der Waals surface area contributed by atoms with E-state index in [1.54, 1.807) is 7.11 Å². The number of aromatic nitrogens is 2. The van der Waals surface area contributed by atoms with Crippen LogP contribution in [0.4, 0.5) is 4.39 Å². The smallest absolute Gasteiger partial charge is 0.146 e. The summed E-state index contributed by atoms with van der Waals surface area (Å²) in [7, 11) is 1.65. The van der Waals surface area contributed by atoms with Crippen LogP contribution in [0.3, 0.4) is 0 Å². The molecule has 6 heteroatoms. The lowest BCUT2D eigenvalue weighted by Crippen LogP contribution is -1.93. The van der Waals surface area contributed by atoms with Crippen LogP contribution >= 0.6 is 15.9 Å². The van der Waals surface area contributed by atoms with E-state index >= 15 is 0 Å². The molecule has 2 aromatic carbocycles. The Kier molecular flexibility index (Phi) is 6.32. The van der Waals surface area contributed by atoms with Gasteiger partial charge in [0.25, 0.3) is 0 Å². The summed E-state index contributed by atoms with van der Waals surface area (Å²) >= 11 is 3.50. The standard InChI is InChI=1S/C28H23BrFN3O/c1-34-28-17-26(24-3-2-12-31-24)33-27(28)16-25-20(13-18-6-10-22(30)11-7-18)15-23(32-25)14-19-4-8-21(29)9-5-19/h2-12,15-17,31-32H,13-14H2,1H3/b27-16-. The minimum absolute atomic E-state index is 0.233. The molecule has 0 bridgehead atoms. The Morgan fingerprint density at radius 2 is 1.74 bits per heavy atom. The molecule has 4 aromatic rings. The van der Waals surface area contributed by atoms with Gasteiger partial charge in [-0.2, -0.15) is 0 Å². The number of aliphatic imine (C=N–C) groups is 1. The van der Waals surface area contributed by atoms with E-state index in [2.05, 4.69) is 44.1 Å². The molecule has 4 nitrogen and oxygen atoms in total. The third kappa shape index (κ3) is 4.97. The fourth-order valence-electron chi connectivity index (χ4n) is 4.04. The number of aromatic amines is 2. The average Bonchev–Trinajstić information content (AvgIpc) is 3.58. The first-order valence-corrected chi connectivity index (χ1v) is 11.8. The highest BCUT2D eigenvalue weighted by molar-refractivity contribution is 9.10. The van der Waals surface area contributed by atoms with E-state index in [9.17, 15) is 4.39 Å². The summed E-state index contributed by atoms with van der Waals surface area (Å²) in [5, 5.41) is 0. The van der Waals surface area contributed by atoms with Crippen LogP contribution in [0.2, 0.25) is 0 Å². The van der Waals surface area contributed by atoms with Gasteiger partial charge in [0.1, 0.15) is 17.3 Å². The lowest BCUT2D eigenvalue weighted by atomic mass is 10.0. The molecule has 0 saturated carbocycles. The van der Waals surface area contributed by atoms with E-state index in [0.717, 1.165) is 50.5 Å². The molecule has 0 atom stereocenters. The second-order valence-corrected chi connectivity index (χ2v) is 9.08. The number of hydrogen-bond donors (Lipinski definition) is 2. The Bertz CT molecular complexity index is 1380. The number of methoxy groups -OCH3 is 1. The molecule has 0 aliphatic carbocycles. The monoisotopic (exact) mass is 515 g/mol. The van der Waals surface area contributed by atoms with E-state index in [1.807, 2.05) is 54.7 Å².